The summed E-state index contributed by atoms with van der Waals surface area (Å²) < 4.78 is 0. The molecule has 4 nitrogen and oxygen atoms in total. The van der Waals surface area contributed by atoms with Gasteiger partial charge in [-0.15, -0.1) is 0 Å². The van der Waals surface area contributed by atoms with Gasteiger partial charge in [0, 0.05) is 24.5 Å². The molecule has 0 aromatic carbocycles. The fourth-order valence-electron chi connectivity index (χ4n) is 2.42. The van der Waals surface area contributed by atoms with Gasteiger partial charge in [0.2, 0.25) is 0 Å². The van der Waals surface area contributed by atoms with Crippen LogP contribution in [0.1, 0.15) is 26.7 Å². The largest absolute Gasteiger partial charge is 0.465 e. The molecule has 1 aliphatic carbocycles. The predicted molar refractivity (Wildman–Crippen MR) is 53.3 cm³/mol. The quantitative estimate of drug-likeness (QED) is 0.699. The van der Waals surface area contributed by atoms with Crippen molar-refractivity contribution < 1.29 is 9.90 Å². The molecule has 4 heteroatoms. The molecule has 0 aromatic heterocycles. The first kappa shape index (κ1) is 9.77. The first-order valence-corrected chi connectivity index (χ1v) is 5.27. The third kappa shape index (κ3) is 1.59. The highest BCUT2D eigenvalue weighted by Crippen LogP contribution is 2.53. The molecule has 80 valence electrons. The van der Waals surface area contributed by atoms with Gasteiger partial charge < -0.3 is 10.4 Å². The lowest BCUT2D eigenvalue weighted by atomic mass is 10.0. The van der Waals surface area contributed by atoms with Gasteiger partial charge in [-0.05, 0) is 26.7 Å². The zero-order valence-electron chi connectivity index (χ0n) is 8.79. The Balaban J connectivity index is 2.00. The highest BCUT2D eigenvalue weighted by atomic mass is 16.4. The van der Waals surface area contributed by atoms with Crippen LogP contribution in [0.25, 0.3) is 0 Å². The third-order valence-corrected chi connectivity index (χ3v) is 3.59. The van der Waals surface area contributed by atoms with Crippen LogP contribution < -0.4 is 5.32 Å². The van der Waals surface area contributed by atoms with Gasteiger partial charge >= 0.3 is 6.09 Å². The number of carbonyl (C=O) groups is 1. The highest BCUT2D eigenvalue weighted by molar-refractivity contribution is 5.65. The standard InChI is InChI=1S/C10H18N2O2/c1-7(2)12-5-8(11-9(13)14)10(6-12)3-4-10/h7-8,11H,3-6H2,1-2H3,(H,13,14). The number of amides is 1. The summed E-state index contributed by atoms with van der Waals surface area (Å²) in [6.07, 6.45) is 1.48. The van der Waals surface area contributed by atoms with Gasteiger partial charge in [-0.25, -0.2) is 4.79 Å². The van der Waals surface area contributed by atoms with E-state index in [0.717, 1.165) is 13.1 Å². The molecule has 1 atom stereocenters. The third-order valence-electron chi connectivity index (χ3n) is 3.59. The Hall–Kier alpha value is -0.770. The topological polar surface area (TPSA) is 52.6 Å². The first-order valence-electron chi connectivity index (χ1n) is 5.27. The zero-order chi connectivity index (χ0) is 10.3. The van der Waals surface area contributed by atoms with Crippen LogP contribution in [0, 0.1) is 5.41 Å². The molecule has 2 aliphatic rings. The van der Waals surface area contributed by atoms with Crippen LogP contribution in [0.2, 0.25) is 0 Å². The second-order valence-corrected chi connectivity index (χ2v) is 4.89. The summed E-state index contributed by atoms with van der Waals surface area (Å²) in [6, 6.07) is 0.676. The van der Waals surface area contributed by atoms with E-state index in [1.807, 2.05) is 0 Å². The molecule has 1 saturated carbocycles. The van der Waals surface area contributed by atoms with E-state index in [1.54, 1.807) is 0 Å². The molecule has 0 aromatic rings. The molecule has 0 radical (unpaired) electrons. The first-order chi connectivity index (χ1) is 6.53. The van der Waals surface area contributed by atoms with Gasteiger partial charge in [-0.3, -0.25) is 4.90 Å². The lowest BCUT2D eigenvalue weighted by Crippen LogP contribution is -2.41. The molecule has 2 N–H and O–H groups in total. The molecular formula is C10H18N2O2. The Kier molecular flexibility index (Phi) is 2.18. The highest BCUT2D eigenvalue weighted by Gasteiger charge is 2.55. The fourth-order valence-corrected chi connectivity index (χ4v) is 2.42. The molecule has 2 rings (SSSR count). The molecule has 1 amide bonds. The Morgan fingerprint density at radius 3 is 2.64 bits per heavy atom. The van der Waals surface area contributed by atoms with E-state index in [9.17, 15) is 4.79 Å². The SMILES string of the molecule is CC(C)N1CC(NC(=O)O)C2(CC2)C1. The van der Waals surface area contributed by atoms with Crippen LogP contribution in [-0.2, 0) is 0 Å². The molecule has 1 saturated heterocycles. The predicted octanol–water partition coefficient (Wildman–Crippen LogP) is 1.13. The molecule has 2 fully saturated rings. The number of hydrogen-bond donors (Lipinski definition) is 2. The minimum absolute atomic E-state index is 0.155. The molecule has 1 unspecified atom stereocenters. The van der Waals surface area contributed by atoms with Gasteiger partial charge in [0.1, 0.15) is 0 Å². The normalized spacial score (nSPS) is 29.8. The molecular weight excluding hydrogens is 180 g/mol. The molecule has 1 spiro atoms. The summed E-state index contributed by atoms with van der Waals surface area (Å²) in [4.78, 5) is 13.0. The van der Waals surface area contributed by atoms with Crippen LogP contribution in [0.15, 0.2) is 0 Å². The van der Waals surface area contributed by atoms with E-state index in [-0.39, 0.29) is 11.5 Å². The van der Waals surface area contributed by atoms with E-state index in [1.165, 1.54) is 12.8 Å². The van der Waals surface area contributed by atoms with Gasteiger partial charge in [-0.2, -0.15) is 0 Å². The average Bonchev–Trinajstić information content (AvgIpc) is 2.72. The minimum atomic E-state index is -0.883. The van der Waals surface area contributed by atoms with Crippen LogP contribution in [0.3, 0.4) is 0 Å². The summed E-state index contributed by atoms with van der Waals surface area (Å²) >= 11 is 0. The Bertz CT molecular complexity index is 249. The molecule has 14 heavy (non-hydrogen) atoms. The Morgan fingerprint density at radius 1 is 1.57 bits per heavy atom. The summed E-state index contributed by atoms with van der Waals surface area (Å²) in [5, 5.41) is 11.4. The van der Waals surface area contributed by atoms with E-state index in [0.29, 0.717) is 6.04 Å². The van der Waals surface area contributed by atoms with Gasteiger partial charge in [0.15, 0.2) is 0 Å². The van der Waals surface area contributed by atoms with E-state index in [4.69, 9.17) is 5.11 Å². The van der Waals surface area contributed by atoms with Crippen LogP contribution >= 0.6 is 0 Å². The van der Waals surface area contributed by atoms with Crippen molar-refractivity contribution in [3.63, 3.8) is 0 Å². The number of likely N-dealkylation sites (tertiary alicyclic amines) is 1. The number of hydrogen-bond acceptors (Lipinski definition) is 2. The van der Waals surface area contributed by atoms with Gasteiger partial charge in [-0.1, -0.05) is 0 Å². The second-order valence-electron chi connectivity index (χ2n) is 4.89. The van der Waals surface area contributed by atoms with Crippen molar-refractivity contribution in [2.24, 2.45) is 5.41 Å². The maximum atomic E-state index is 10.6. The summed E-state index contributed by atoms with van der Waals surface area (Å²) in [6.45, 7) is 6.28. The lowest BCUT2D eigenvalue weighted by Gasteiger charge is -2.19. The number of carboxylic acid groups (broad SMARTS) is 1. The van der Waals surface area contributed by atoms with Crippen molar-refractivity contribution >= 4 is 6.09 Å². The summed E-state index contributed by atoms with van der Waals surface area (Å²) in [5.41, 5.74) is 0.280. The average molecular weight is 198 g/mol. The van der Waals surface area contributed by atoms with Crippen molar-refractivity contribution in [3.05, 3.63) is 0 Å². The molecule has 1 aliphatic heterocycles. The maximum Gasteiger partial charge on any atom is 0.404 e. The van der Waals surface area contributed by atoms with E-state index < -0.39 is 6.09 Å². The van der Waals surface area contributed by atoms with E-state index >= 15 is 0 Å². The number of rotatable bonds is 2. The summed E-state index contributed by atoms with van der Waals surface area (Å²) in [5.74, 6) is 0. The van der Waals surface area contributed by atoms with Gasteiger partial charge in [0.25, 0.3) is 0 Å². The van der Waals surface area contributed by atoms with E-state index in [2.05, 4.69) is 24.1 Å². The van der Waals surface area contributed by atoms with Crippen molar-refractivity contribution in [2.45, 2.75) is 38.8 Å². The zero-order valence-corrected chi connectivity index (χ0v) is 8.79. The van der Waals surface area contributed by atoms with Crippen LogP contribution in [-0.4, -0.2) is 41.3 Å². The van der Waals surface area contributed by atoms with Crippen molar-refractivity contribution in [1.82, 2.24) is 10.2 Å². The Morgan fingerprint density at radius 2 is 2.21 bits per heavy atom. The summed E-state index contributed by atoms with van der Waals surface area (Å²) in [7, 11) is 0. The lowest BCUT2D eigenvalue weighted by molar-refractivity contribution is 0.186. The van der Waals surface area contributed by atoms with Crippen molar-refractivity contribution in [3.8, 4) is 0 Å². The fraction of sp³-hybridized carbons (Fsp3) is 0.900. The maximum absolute atomic E-state index is 10.6. The number of nitrogens with one attached hydrogen (secondary N) is 1. The van der Waals surface area contributed by atoms with Crippen LogP contribution in [0.5, 0.6) is 0 Å². The van der Waals surface area contributed by atoms with Gasteiger partial charge in [0.05, 0.1) is 6.04 Å². The minimum Gasteiger partial charge on any atom is -0.465 e. The Labute approximate surface area is 84.3 Å². The van der Waals surface area contributed by atoms with Crippen molar-refractivity contribution in [1.29, 1.82) is 0 Å². The number of nitrogens with zero attached hydrogens (tertiary/aromatic N) is 1. The van der Waals surface area contributed by atoms with Crippen molar-refractivity contribution in [2.75, 3.05) is 13.1 Å². The second kappa shape index (κ2) is 3.12. The van der Waals surface area contributed by atoms with Crippen LogP contribution in [0.4, 0.5) is 4.79 Å². The molecule has 1 heterocycles. The smallest absolute Gasteiger partial charge is 0.404 e. The monoisotopic (exact) mass is 198 g/mol. The molecule has 0 bridgehead atoms.